The average molecular weight is 288 g/mol. The molecule has 9 heteroatoms. The molecule has 0 amide bonds. The van der Waals surface area contributed by atoms with Crippen LogP contribution in [0.5, 0.6) is 0 Å². The monoisotopic (exact) mass is 287 g/mol. The summed E-state index contributed by atoms with van der Waals surface area (Å²) < 4.78 is 13.6. The number of halogens is 2. The normalized spacial score (nSPS) is 13.6. The predicted octanol–water partition coefficient (Wildman–Crippen LogP) is 1.31. The van der Waals surface area contributed by atoms with Gasteiger partial charge in [0.15, 0.2) is 17.5 Å². The highest BCUT2D eigenvalue weighted by Crippen LogP contribution is 2.24. The third-order valence-corrected chi connectivity index (χ3v) is 2.36. The number of aliphatic imine (C=N–C) groups is 2. The van der Waals surface area contributed by atoms with Crippen LogP contribution in [-0.4, -0.2) is 34.8 Å². The summed E-state index contributed by atoms with van der Waals surface area (Å²) in [6.45, 7) is 0. The molecule has 102 valence electrons. The van der Waals surface area contributed by atoms with Gasteiger partial charge in [0.2, 0.25) is 0 Å². The fourth-order valence-corrected chi connectivity index (χ4v) is 1.39. The van der Waals surface area contributed by atoms with Crippen molar-refractivity contribution >= 4 is 34.7 Å². The van der Waals surface area contributed by atoms with Crippen LogP contribution in [0.15, 0.2) is 33.3 Å². The molecule has 0 aliphatic carbocycles. The second-order valence-corrected chi connectivity index (χ2v) is 3.61. The minimum atomic E-state index is -0.771. The van der Waals surface area contributed by atoms with Crippen LogP contribution < -0.4 is 11.2 Å². The van der Waals surface area contributed by atoms with E-state index in [0.717, 1.165) is 0 Å². The summed E-state index contributed by atoms with van der Waals surface area (Å²) in [6.07, 6.45) is 0. The van der Waals surface area contributed by atoms with Gasteiger partial charge in [0.25, 0.3) is 0 Å². The number of hydroxylamine groups is 1. The van der Waals surface area contributed by atoms with Gasteiger partial charge in [-0.2, -0.15) is 0 Å². The molecule has 0 saturated heterocycles. The van der Waals surface area contributed by atoms with Crippen LogP contribution in [0.3, 0.4) is 0 Å². The van der Waals surface area contributed by atoms with Gasteiger partial charge in [-0.15, -0.1) is 0 Å². The van der Waals surface area contributed by atoms with Crippen molar-refractivity contribution in [3.05, 3.63) is 29.0 Å². The first kappa shape index (κ1) is 14.9. The summed E-state index contributed by atoms with van der Waals surface area (Å²) in [6, 6.07) is 4.16. The molecular weight excluding hydrogens is 277 g/mol. The Hall–Kier alpha value is -2.19. The van der Waals surface area contributed by atoms with Gasteiger partial charge < -0.3 is 10.9 Å². The van der Waals surface area contributed by atoms with Gasteiger partial charge >= 0.3 is 0 Å². The molecule has 1 rings (SSSR count). The van der Waals surface area contributed by atoms with E-state index in [0.29, 0.717) is 0 Å². The Kier molecular flexibility index (Phi) is 5.22. The fourth-order valence-electron chi connectivity index (χ4n) is 1.22. The first-order valence-corrected chi connectivity index (χ1v) is 5.30. The number of hydrogen-bond acceptors (Lipinski definition) is 5. The van der Waals surface area contributed by atoms with Gasteiger partial charge in [-0.05, 0) is 12.1 Å². The molecule has 0 aliphatic heterocycles. The summed E-state index contributed by atoms with van der Waals surface area (Å²) in [4.78, 5) is 7.44. The van der Waals surface area contributed by atoms with Gasteiger partial charge in [0, 0.05) is 7.05 Å². The highest BCUT2D eigenvalue weighted by Gasteiger charge is 2.15. The topological polar surface area (TPSA) is 116 Å². The van der Waals surface area contributed by atoms with E-state index in [4.69, 9.17) is 27.7 Å². The quantitative estimate of drug-likeness (QED) is 0.290. The lowest BCUT2D eigenvalue weighted by Crippen LogP contribution is -2.38. The number of nitrogens with two attached hydrogens (primary N) is 1. The van der Waals surface area contributed by atoms with Crippen LogP contribution in [0.25, 0.3) is 0 Å². The maximum Gasteiger partial charge on any atom is 0.192 e. The molecule has 0 fully saturated rings. The zero-order valence-electron chi connectivity index (χ0n) is 9.80. The number of benzene rings is 1. The zero-order chi connectivity index (χ0) is 14.4. The molecule has 0 radical (unpaired) electrons. The van der Waals surface area contributed by atoms with E-state index in [-0.39, 0.29) is 22.3 Å². The van der Waals surface area contributed by atoms with Crippen molar-refractivity contribution in [2.24, 2.45) is 20.9 Å². The predicted molar refractivity (Wildman–Crippen MR) is 70.2 cm³/mol. The van der Waals surface area contributed by atoms with Crippen LogP contribution >= 0.6 is 11.6 Å². The van der Waals surface area contributed by atoms with Crippen LogP contribution in [0, 0.1) is 5.82 Å². The second kappa shape index (κ2) is 6.66. The van der Waals surface area contributed by atoms with E-state index < -0.39 is 11.7 Å². The number of nitrogens with zero attached hydrogens (tertiary/aromatic N) is 3. The molecule has 0 bridgehead atoms. The highest BCUT2D eigenvalue weighted by molar-refractivity contribution is 6.67. The lowest BCUT2D eigenvalue weighted by Gasteiger charge is -2.07. The van der Waals surface area contributed by atoms with E-state index in [2.05, 4.69) is 15.1 Å². The SMILES string of the molecule is CN=C(C(=Nc1cccc(Cl)c1F)NO)/C(N)=N\O. The average Bonchev–Trinajstić information content (AvgIpc) is 2.42. The Morgan fingerprint density at radius 3 is 2.68 bits per heavy atom. The van der Waals surface area contributed by atoms with Gasteiger partial charge in [0.05, 0.1) is 5.02 Å². The molecular formula is C10H11ClFN5O2. The van der Waals surface area contributed by atoms with Crippen molar-refractivity contribution in [1.82, 2.24) is 5.48 Å². The summed E-state index contributed by atoms with van der Waals surface area (Å²) in [5.74, 6) is -1.46. The summed E-state index contributed by atoms with van der Waals surface area (Å²) >= 11 is 5.60. The Labute approximate surface area is 112 Å². The van der Waals surface area contributed by atoms with Crippen LogP contribution in [-0.2, 0) is 0 Å². The van der Waals surface area contributed by atoms with Crippen molar-refractivity contribution in [2.75, 3.05) is 7.05 Å². The van der Waals surface area contributed by atoms with E-state index in [1.165, 1.54) is 25.2 Å². The smallest absolute Gasteiger partial charge is 0.192 e. The standard InChI is InChI=1S/C10H11ClFN5O2/c1-14-8(9(13)16-18)10(17-19)15-6-4-2-3-5(11)7(6)12/h2-4,18-19H,1H3,(H2,13,16)(H,15,17). The number of nitrogens with one attached hydrogen (secondary N) is 1. The van der Waals surface area contributed by atoms with Crippen LogP contribution in [0.2, 0.25) is 5.02 Å². The molecule has 0 unspecified atom stereocenters. The lowest BCUT2D eigenvalue weighted by atomic mass is 10.3. The minimum Gasteiger partial charge on any atom is -0.409 e. The zero-order valence-corrected chi connectivity index (χ0v) is 10.6. The van der Waals surface area contributed by atoms with Crippen molar-refractivity contribution < 1.29 is 14.8 Å². The van der Waals surface area contributed by atoms with Crippen molar-refractivity contribution in [3.8, 4) is 0 Å². The molecule has 0 aliphatic rings. The highest BCUT2D eigenvalue weighted by atomic mass is 35.5. The van der Waals surface area contributed by atoms with E-state index in [1.807, 2.05) is 0 Å². The molecule has 7 nitrogen and oxygen atoms in total. The van der Waals surface area contributed by atoms with E-state index in [1.54, 1.807) is 5.48 Å². The first-order valence-electron chi connectivity index (χ1n) is 4.93. The molecule has 0 saturated carbocycles. The Morgan fingerprint density at radius 1 is 1.47 bits per heavy atom. The van der Waals surface area contributed by atoms with Crippen molar-refractivity contribution in [1.29, 1.82) is 0 Å². The summed E-state index contributed by atoms with van der Waals surface area (Å²) in [7, 11) is 1.33. The molecule has 0 atom stereocenters. The molecule has 0 heterocycles. The second-order valence-electron chi connectivity index (χ2n) is 3.20. The van der Waals surface area contributed by atoms with Gasteiger partial charge in [-0.3, -0.25) is 15.7 Å². The Balaban J connectivity index is 3.30. The molecule has 5 N–H and O–H groups in total. The van der Waals surface area contributed by atoms with Crippen LogP contribution in [0.4, 0.5) is 10.1 Å². The maximum atomic E-state index is 13.6. The minimum absolute atomic E-state index is 0.127. The fraction of sp³-hybridized carbons (Fsp3) is 0.100. The van der Waals surface area contributed by atoms with Gasteiger partial charge in [-0.25, -0.2) is 9.38 Å². The summed E-state index contributed by atoms with van der Waals surface area (Å²) in [5.41, 5.74) is 6.75. The van der Waals surface area contributed by atoms with Gasteiger partial charge in [-0.1, -0.05) is 22.8 Å². The third kappa shape index (κ3) is 3.39. The number of rotatable bonds is 3. The Bertz CT molecular complexity index is 559. The van der Waals surface area contributed by atoms with E-state index >= 15 is 0 Å². The molecule has 0 aromatic heterocycles. The number of oxime groups is 1. The first-order chi connectivity index (χ1) is 9.04. The van der Waals surface area contributed by atoms with Crippen LogP contribution in [0.1, 0.15) is 0 Å². The van der Waals surface area contributed by atoms with E-state index in [9.17, 15) is 4.39 Å². The number of hydrogen-bond donors (Lipinski definition) is 4. The summed E-state index contributed by atoms with van der Waals surface area (Å²) in [5, 5.41) is 20.1. The molecule has 1 aromatic rings. The molecule has 1 aromatic carbocycles. The Morgan fingerprint density at radius 2 is 2.16 bits per heavy atom. The van der Waals surface area contributed by atoms with Gasteiger partial charge in [0.1, 0.15) is 11.4 Å². The number of amidine groups is 2. The largest absolute Gasteiger partial charge is 0.409 e. The van der Waals surface area contributed by atoms with Crippen molar-refractivity contribution in [3.63, 3.8) is 0 Å². The molecule has 0 spiro atoms. The molecule has 19 heavy (non-hydrogen) atoms. The maximum absolute atomic E-state index is 13.6. The van der Waals surface area contributed by atoms with Crippen molar-refractivity contribution in [2.45, 2.75) is 0 Å². The lowest BCUT2D eigenvalue weighted by molar-refractivity contribution is 0.237. The third-order valence-electron chi connectivity index (χ3n) is 2.07.